The molecule has 29 heavy (non-hydrogen) atoms. The zero-order valence-electron chi connectivity index (χ0n) is 16.4. The van der Waals surface area contributed by atoms with Crippen molar-refractivity contribution >= 4 is 12.2 Å². The van der Waals surface area contributed by atoms with Crippen LogP contribution in [-0.2, 0) is 0 Å². The lowest BCUT2D eigenvalue weighted by atomic mass is 10.1. The molecule has 3 atom stereocenters. The second-order valence-electron chi connectivity index (χ2n) is 7.26. The number of hydrogen-bond donors (Lipinski definition) is 1. The minimum Gasteiger partial charge on any atom is -0.435 e. The Balaban J connectivity index is 1.56. The van der Waals surface area contributed by atoms with Gasteiger partial charge in [-0.1, -0.05) is 12.1 Å². The highest BCUT2D eigenvalue weighted by molar-refractivity contribution is 5.75. The third-order valence-electron chi connectivity index (χ3n) is 5.21. The third kappa shape index (κ3) is 5.50. The van der Waals surface area contributed by atoms with Crippen LogP contribution in [0.5, 0.6) is 5.75 Å². The van der Waals surface area contributed by atoms with E-state index in [2.05, 4.69) is 19.9 Å². The highest BCUT2D eigenvalue weighted by Crippen LogP contribution is 2.23. The van der Waals surface area contributed by atoms with Gasteiger partial charge in [-0.25, -0.2) is 9.79 Å². The molecular formula is C20H25F3N4O2. The van der Waals surface area contributed by atoms with Gasteiger partial charge in [0.15, 0.2) is 0 Å². The Bertz CT molecular complexity index is 787. The molecule has 6 nitrogen and oxygen atoms in total. The topological polar surface area (TPSA) is 57.2 Å². The molecule has 1 aromatic rings. The number of carbonyl (C=O) groups excluding carboxylic acids is 1. The number of piperazine rings is 1. The molecule has 1 aromatic carbocycles. The molecule has 0 spiro atoms. The van der Waals surface area contributed by atoms with Crippen molar-refractivity contribution in [1.29, 1.82) is 0 Å². The number of amides is 2. The molecule has 3 rings (SSSR count). The molecule has 1 N–H and O–H groups in total. The summed E-state index contributed by atoms with van der Waals surface area (Å²) in [6.07, 6.45) is 3.75. The quantitative estimate of drug-likeness (QED) is 0.753. The van der Waals surface area contributed by atoms with Crippen molar-refractivity contribution in [3.63, 3.8) is 0 Å². The average Bonchev–Trinajstić information content (AvgIpc) is 2.67. The second-order valence-corrected chi connectivity index (χ2v) is 7.26. The molecule has 0 radical (unpaired) electrons. The number of carbonyl (C=O) groups is 1. The van der Waals surface area contributed by atoms with E-state index in [1.165, 1.54) is 18.2 Å². The van der Waals surface area contributed by atoms with Crippen LogP contribution >= 0.6 is 0 Å². The van der Waals surface area contributed by atoms with Crippen molar-refractivity contribution in [2.75, 3.05) is 19.6 Å². The Morgan fingerprint density at radius 2 is 2.14 bits per heavy atom. The summed E-state index contributed by atoms with van der Waals surface area (Å²) in [4.78, 5) is 20.2. The highest BCUT2D eigenvalue weighted by Gasteiger charge is 2.31. The first-order valence-corrected chi connectivity index (χ1v) is 9.59. The van der Waals surface area contributed by atoms with Crippen molar-refractivity contribution in [3.05, 3.63) is 41.9 Å². The first-order valence-electron chi connectivity index (χ1n) is 9.59. The van der Waals surface area contributed by atoms with Crippen molar-refractivity contribution in [3.8, 4) is 5.75 Å². The Morgan fingerprint density at radius 1 is 1.34 bits per heavy atom. The summed E-state index contributed by atoms with van der Waals surface area (Å²) in [6, 6.07) is 5.70. The zero-order chi connectivity index (χ0) is 21.0. The van der Waals surface area contributed by atoms with E-state index >= 15 is 0 Å². The lowest BCUT2D eigenvalue weighted by Crippen LogP contribution is -2.58. The van der Waals surface area contributed by atoms with Gasteiger partial charge in [0.2, 0.25) is 5.95 Å². The lowest BCUT2D eigenvalue weighted by molar-refractivity contribution is -0.0499. The molecular weight excluding hydrogens is 385 g/mol. The molecule has 0 aromatic heterocycles. The first-order chi connectivity index (χ1) is 13.8. The Labute approximate surface area is 168 Å². The Hall–Kier alpha value is -2.55. The maximum absolute atomic E-state index is 13.4. The smallest absolute Gasteiger partial charge is 0.387 e. The van der Waals surface area contributed by atoms with E-state index in [0.717, 1.165) is 0 Å². The van der Waals surface area contributed by atoms with E-state index in [1.807, 2.05) is 6.92 Å². The number of hydrogen-bond acceptors (Lipinski definition) is 4. The van der Waals surface area contributed by atoms with Crippen molar-refractivity contribution in [1.82, 2.24) is 15.1 Å². The number of aliphatic imine (C=N–C) groups is 1. The van der Waals surface area contributed by atoms with Gasteiger partial charge in [0.25, 0.3) is 0 Å². The van der Waals surface area contributed by atoms with E-state index in [-0.39, 0.29) is 29.9 Å². The minimum absolute atomic E-state index is 0.0517. The monoisotopic (exact) mass is 410 g/mol. The fraction of sp³-hybridized carbons (Fsp3) is 0.500. The van der Waals surface area contributed by atoms with E-state index in [1.54, 1.807) is 30.2 Å². The average molecular weight is 410 g/mol. The van der Waals surface area contributed by atoms with Crippen LogP contribution in [0.1, 0.15) is 31.9 Å². The number of ether oxygens (including phenoxy) is 1. The van der Waals surface area contributed by atoms with Crippen LogP contribution in [0.25, 0.3) is 0 Å². The molecule has 2 aliphatic heterocycles. The number of benzene rings is 1. The normalized spacial score (nSPS) is 23.7. The van der Waals surface area contributed by atoms with Crippen molar-refractivity contribution < 1.29 is 22.7 Å². The van der Waals surface area contributed by atoms with Crippen LogP contribution in [-0.4, -0.2) is 60.4 Å². The van der Waals surface area contributed by atoms with E-state index < -0.39 is 12.6 Å². The summed E-state index contributed by atoms with van der Waals surface area (Å²) in [6.45, 7) is 2.55. The first kappa shape index (κ1) is 21.2. The molecule has 2 amide bonds. The number of rotatable bonds is 5. The standard InChI is InChI=1S/C20H25F3N4O2/c1-13-12-26(8-9-27(13)16-6-7-24-18(21)11-16)20(28)25-14(2)15-4-3-5-17(10-15)29-19(22)23/h3-5,7,10-11,13-14,16,19H,6,8-9,12H2,1-2H3,(H,25,28)/t13-,14+,16+/m0/s1. The Morgan fingerprint density at radius 3 is 2.83 bits per heavy atom. The van der Waals surface area contributed by atoms with Crippen LogP contribution in [0, 0.1) is 0 Å². The zero-order valence-corrected chi connectivity index (χ0v) is 16.4. The predicted molar refractivity (Wildman–Crippen MR) is 104 cm³/mol. The molecule has 0 bridgehead atoms. The van der Waals surface area contributed by atoms with Gasteiger partial charge in [0.05, 0.1) is 6.04 Å². The summed E-state index contributed by atoms with van der Waals surface area (Å²) in [5, 5.41) is 2.90. The third-order valence-corrected chi connectivity index (χ3v) is 5.21. The second kappa shape index (κ2) is 9.30. The van der Waals surface area contributed by atoms with E-state index in [4.69, 9.17) is 0 Å². The predicted octanol–water partition coefficient (Wildman–Crippen LogP) is 3.72. The van der Waals surface area contributed by atoms with Crippen molar-refractivity contribution in [2.45, 2.75) is 45.0 Å². The van der Waals surface area contributed by atoms with Gasteiger partial charge in [-0.3, -0.25) is 4.90 Å². The number of nitrogens with one attached hydrogen (secondary N) is 1. The lowest BCUT2D eigenvalue weighted by Gasteiger charge is -2.43. The highest BCUT2D eigenvalue weighted by atomic mass is 19.3. The molecule has 9 heteroatoms. The SMILES string of the molecule is C[C@@H](NC(=O)N1CCN([C@H]2C=C(F)N=CC2)[C@@H](C)C1)c1cccc(OC(F)F)c1. The van der Waals surface area contributed by atoms with Crippen LogP contribution < -0.4 is 10.1 Å². The summed E-state index contributed by atoms with van der Waals surface area (Å²) in [5.74, 6) is -0.419. The van der Waals surface area contributed by atoms with Crippen LogP contribution in [0.3, 0.4) is 0 Å². The summed E-state index contributed by atoms with van der Waals surface area (Å²) < 4.78 is 42.6. The van der Waals surface area contributed by atoms with Crippen molar-refractivity contribution in [2.24, 2.45) is 4.99 Å². The minimum atomic E-state index is -2.90. The van der Waals surface area contributed by atoms with Gasteiger partial charge < -0.3 is 15.0 Å². The van der Waals surface area contributed by atoms with E-state index in [0.29, 0.717) is 31.6 Å². The van der Waals surface area contributed by atoms with Gasteiger partial charge in [-0.2, -0.15) is 13.2 Å². The Kier molecular flexibility index (Phi) is 6.79. The molecule has 0 aliphatic carbocycles. The van der Waals surface area contributed by atoms with Crippen LogP contribution in [0.15, 0.2) is 41.3 Å². The molecule has 1 fully saturated rings. The maximum Gasteiger partial charge on any atom is 0.387 e. The molecule has 158 valence electrons. The van der Waals surface area contributed by atoms with E-state index in [9.17, 15) is 18.0 Å². The molecule has 0 unspecified atom stereocenters. The van der Waals surface area contributed by atoms with Crippen LogP contribution in [0.4, 0.5) is 18.0 Å². The number of alkyl halides is 2. The molecule has 0 saturated carbocycles. The fourth-order valence-electron chi connectivity index (χ4n) is 3.72. The van der Waals surface area contributed by atoms with Gasteiger partial charge in [0, 0.05) is 44.4 Å². The molecule has 2 aliphatic rings. The van der Waals surface area contributed by atoms with Gasteiger partial charge in [-0.15, -0.1) is 0 Å². The fourth-order valence-corrected chi connectivity index (χ4v) is 3.72. The van der Waals surface area contributed by atoms with Gasteiger partial charge >= 0.3 is 12.6 Å². The summed E-state index contributed by atoms with van der Waals surface area (Å²) in [5.41, 5.74) is 0.672. The summed E-state index contributed by atoms with van der Waals surface area (Å²) in [7, 11) is 0. The number of urea groups is 1. The summed E-state index contributed by atoms with van der Waals surface area (Å²) >= 11 is 0. The molecule has 1 saturated heterocycles. The van der Waals surface area contributed by atoms with Gasteiger partial charge in [0.1, 0.15) is 5.75 Å². The molecule has 2 heterocycles. The van der Waals surface area contributed by atoms with Gasteiger partial charge in [-0.05, 0) is 37.6 Å². The number of halogens is 3. The maximum atomic E-state index is 13.4. The largest absolute Gasteiger partial charge is 0.435 e. The number of nitrogens with zero attached hydrogens (tertiary/aromatic N) is 3. The van der Waals surface area contributed by atoms with Crippen LogP contribution in [0.2, 0.25) is 0 Å².